The second-order valence-electron chi connectivity index (χ2n) is 9.53. The van der Waals surface area contributed by atoms with Crippen LogP contribution in [0.4, 0.5) is 5.82 Å². The first-order valence-electron chi connectivity index (χ1n) is 13.7. The molecule has 216 valence electrons. The topological polar surface area (TPSA) is 142 Å². The van der Waals surface area contributed by atoms with Gasteiger partial charge < -0.3 is 15.8 Å². The van der Waals surface area contributed by atoms with E-state index in [2.05, 4.69) is 32.2 Å². The molecule has 1 aromatic carbocycles. The fourth-order valence-electron chi connectivity index (χ4n) is 4.70. The SMILES string of the molecule is C/C=C\C(=C/CC)n1c([C@@H](C)NC(=O)c2c(N)nn3cccnc23)nc2cccc(C#Cc3ccnc(OC)c3)c2c1=O. The van der Waals surface area contributed by atoms with Crippen molar-refractivity contribution in [2.75, 3.05) is 12.8 Å². The number of aromatic nitrogens is 6. The molecule has 4 heterocycles. The van der Waals surface area contributed by atoms with Crippen molar-refractivity contribution in [3.05, 3.63) is 106 Å². The Morgan fingerprint density at radius 3 is 2.79 bits per heavy atom. The number of nitrogens with two attached hydrogens (primary N) is 1. The van der Waals surface area contributed by atoms with Crippen LogP contribution in [0, 0.1) is 11.8 Å². The van der Waals surface area contributed by atoms with Crippen LogP contribution in [0.25, 0.3) is 22.2 Å². The summed E-state index contributed by atoms with van der Waals surface area (Å²) >= 11 is 0. The molecule has 5 rings (SSSR count). The highest BCUT2D eigenvalue weighted by Crippen LogP contribution is 2.23. The van der Waals surface area contributed by atoms with E-state index in [1.165, 1.54) is 16.2 Å². The molecule has 1 amide bonds. The summed E-state index contributed by atoms with van der Waals surface area (Å²) in [7, 11) is 1.54. The maximum Gasteiger partial charge on any atom is 0.267 e. The van der Waals surface area contributed by atoms with Gasteiger partial charge in [0.25, 0.3) is 11.5 Å². The highest BCUT2D eigenvalue weighted by atomic mass is 16.5. The first kappa shape index (κ1) is 28.8. The molecule has 0 spiro atoms. The van der Waals surface area contributed by atoms with E-state index in [4.69, 9.17) is 15.5 Å². The van der Waals surface area contributed by atoms with Gasteiger partial charge in [0.2, 0.25) is 5.88 Å². The number of hydrogen-bond donors (Lipinski definition) is 2. The largest absolute Gasteiger partial charge is 0.481 e. The van der Waals surface area contributed by atoms with Crippen LogP contribution in [-0.4, -0.2) is 42.2 Å². The molecule has 0 radical (unpaired) electrons. The van der Waals surface area contributed by atoms with Crippen LogP contribution in [-0.2, 0) is 0 Å². The molecule has 43 heavy (non-hydrogen) atoms. The predicted octanol–water partition coefficient (Wildman–Crippen LogP) is 4.14. The van der Waals surface area contributed by atoms with Crippen molar-refractivity contribution in [1.29, 1.82) is 0 Å². The van der Waals surface area contributed by atoms with Crippen molar-refractivity contribution in [3.8, 4) is 17.7 Å². The highest BCUT2D eigenvalue weighted by molar-refractivity contribution is 6.04. The molecule has 1 atom stereocenters. The third kappa shape index (κ3) is 5.71. The number of allylic oxidation sites excluding steroid dienone is 4. The fourth-order valence-corrected chi connectivity index (χ4v) is 4.70. The molecule has 11 nitrogen and oxygen atoms in total. The van der Waals surface area contributed by atoms with E-state index < -0.39 is 11.9 Å². The van der Waals surface area contributed by atoms with Crippen molar-refractivity contribution in [2.45, 2.75) is 33.2 Å². The zero-order chi connectivity index (χ0) is 30.5. The fraction of sp³-hybridized carbons (Fsp3) is 0.188. The number of fused-ring (bicyclic) bond motifs is 2. The number of nitrogens with one attached hydrogen (secondary N) is 1. The Bertz CT molecular complexity index is 2030. The molecule has 0 saturated carbocycles. The average Bonchev–Trinajstić information content (AvgIpc) is 3.35. The lowest BCUT2D eigenvalue weighted by Crippen LogP contribution is -2.34. The molecular weight excluding hydrogens is 544 g/mol. The normalized spacial score (nSPS) is 12.3. The van der Waals surface area contributed by atoms with Crippen LogP contribution in [0.5, 0.6) is 5.88 Å². The molecule has 3 N–H and O–H groups in total. The minimum absolute atomic E-state index is 0.0442. The van der Waals surface area contributed by atoms with Gasteiger partial charge in [-0.1, -0.05) is 37.0 Å². The Hall–Kier alpha value is -5.76. The third-order valence-corrected chi connectivity index (χ3v) is 6.60. The van der Waals surface area contributed by atoms with Gasteiger partial charge in [0.05, 0.1) is 24.1 Å². The van der Waals surface area contributed by atoms with E-state index in [-0.39, 0.29) is 16.9 Å². The summed E-state index contributed by atoms with van der Waals surface area (Å²) in [6.07, 6.45) is 11.1. The smallest absolute Gasteiger partial charge is 0.267 e. The van der Waals surface area contributed by atoms with Crippen LogP contribution in [0.2, 0.25) is 0 Å². The van der Waals surface area contributed by atoms with Crippen molar-refractivity contribution in [2.24, 2.45) is 0 Å². The second-order valence-corrected chi connectivity index (χ2v) is 9.53. The molecule has 0 aliphatic rings. The van der Waals surface area contributed by atoms with Gasteiger partial charge >= 0.3 is 0 Å². The van der Waals surface area contributed by atoms with Crippen LogP contribution >= 0.6 is 0 Å². The average molecular weight is 575 g/mol. The van der Waals surface area contributed by atoms with Crippen LogP contribution in [0.3, 0.4) is 0 Å². The quantitative estimate of drug-likeness (QED) is 0.218. The van der Waals surface area contributed by atoms with Crippen LogP contribution in [0.1, 0.15) is 60.5 Å². The number of benzene rings is 1. The Balaban J connectivity index is 1.65. The number of nitrogens with zero attached hydrogens (tertiary/aromatic N) is 6. The summed E-state index contributed by atoms with van der Waals surface area (Å²) in [6, 6.07) is 9.81. The van der Waals surface area contributed by atoms with E-state index >= 15 is 0 Å². The summed E-state index contributed by atoms with van der Waals surface area (Å²) in [5.41, 5.74) is 8.52. The number of rotatable bonds is 7. The number of methoxy groups -OCH3 is 1. The van der Waals surface area contributed by atoms with Crippen LogP contribution in [0.15, 0.2) is 78.0 Å². The summed E-state index contributed by atoms with van der Waals surface area (Å²) in [5.74, 6) is 6.56. The number of hydrogen-bond acceptors (Lipinski definition) is 8. The Kier molecular flexibility index (Phi) is 8.29. The van der Waals surface area contributed by atoms with Crippen molar-refractivity contribution >= 4 is 34.0 Å². The lowest BCUT2D eigenvalue weighted by Gasteiger charge is -2.20. The van der Waals surface area contributed by atoms with E-state index in [1.807, 2.05) is 32.1 Å². The van der Waals surface area contributed by atoms with Gasteiger partial charge in [-0.25, -0.2) is 19.5 Å². The van der Waals surface area contributed by atoms with Gasteiger partial charge in [-0.3, -0.25) is 14.2 Å². The van der Waals surface area contributed by atoms with Crippen LogP contribution < -0.4 is 21.3 Å². The van der Waals surface area contributed by atoms with Crippen molar-refractivity contribution in [3.63, 3.8) is 0 Å². The number of ether oxygens (including phenoxy) is 1. The number of nitrogen functional groups attached to an aromatic ring is 1. The zero-order valence-electron chi connectivity index (χ0n) is 24.2. The third-order valence-electron chi connectivity index (χ3n) is 6.60. The van der Waals surface area contributed by atoms with Crippen molar-refractivity contribution in [1.82, 2.24) is 34.4 Å². The minimum Gasteiger partial charge on any atom is -0.481 e. The maximum absolute atomic E-state index is 14.3. The molecule has 0 fully saturated rings. The van der Waals surface area contributed by atoms with E-state index in [0.29, 0.717) is 51.5 Å². The molecule has 0 aliphatic heterocycles. The van der Waals surface area contributed by atoms with Gasteiger partial charge in [-0.2, -0.15) is 0 Å². The molecule has 0 unspecified atom stereocenters. The second kappa shape index (κ2) is 12.4. The standard InChI is InChI=1S/C32H30N8O3/c1-5-9-23(10-6-2)40-29(20(3)36-31(41)27-28(33)38-39-18-8-16-35-30(27)39)37-24-12-7-11-22(26(24)32(40)42)14-13-21-15-17-34-25(19-21)43-4/h5,7-12,15-20H,6H2,1-4H3,(H2,33,38)(H,36,41)/b9-5-,23-10+/t20-/m1/s1. The maximum atomic E-state index is 14.3. The summed E-state index contributed by atoms with van der Waals surface area (Å²) < 4.78 is 8.16. The summed E-state index contributed by atoms with van der Waals surface area (Å²) in [4.78, 5) is 41.0. The molecule has 5 aromatic rings. The number of pyridine rings is 1. The number of amides is 1. The van der Waals surface area contributed by atoms with Gasteiger partial charge in [-0.05, 0) is 50.6 Å². The van der Waals surface area contributed by atoms with E-state index in [9.17, 15) is 9.59 Å². The molecule has 0 aliphatic carbocycles. The van der Waals surface area contributed by atoms with Gasteiger partial charge in [0.1, 0.15) is 11.4 Å². The molecular formula is C32H30N8O3. The monoisotopic (exact) mass is 574 g/mol. The highest BCUT2D eigenvalue weighted by Gasteiger charge is 2.25. The van der Waals surface area contributed by atoms with E-state index in [0.717, 1.165) is 0 Å². The van der Waals surface area contributed by atoms with Gasteiger partial charge in [-0.15, -0.1) is 5.10 Å². The first-order valence-corrected chi connectivity index (χ1v) is 13.7. The first-order chi connectivity index (χ1) is 20.9. The summed E-state index contributed by atoms with van der Waals surface area (Å²) in [5, 5.41) is 7.49. The minimum atomic E-state index is -0.702. The molecule has 4 aromatic heterocycles. The lowest BCUT2D eigenvalue weighted by molar-refractivity contribution is 0.0940. The number of carbonyl (C=O) groups is 1. The molecule has 11 heteroatoms. The number of anilines is 1. The van der Waals surface area contributed by atoms with Gasteiger partial charge in [0, 0.05) is 41.5 Å². The Labute approximate surface area is 247 Å². The van der Waals surface area contributed by atoms with Gasteiger partial charge in [0.15, 0.2) is 11.5 Å². The Morgan fingerprint density at radius 2 is 2.02 bits per heavy atom. The lowest BCUT2D eigenvalue weighted by atomic mass is 10.1. The van der Waals surface area contributed by atoms with E-state index in [1.54, 1.807) is 61.9 Å². The number of carbonyl (C=O) groups excluding carboxylic acids is 1. The summed E-state index contributed by atoms with van der Waals surface area (Å²) in [6.45, 7) is 5.61. The zero-order valence-corrected chi connectivity index (χ0v) is 24.2. The molecule has 0 bridgehead atoms. The Morgan fingerprint density at radius 1 is 1.19 bits per heavy atom. The molecule has 0 saturated heterocycles. The van der Waals surface area contributed by atoms with Crippen molar-refractivity contribution < 1.29 is 9.53 Å². The predicted molar refractivity (Wildman–Crippen MR) is 165 cm³/mol.